The number of halogens is 3. The van der Waals surface area contributed by atoms with Crippen molar-refractivity contribution in [3.8, 4) is 5.75 Å². The van der Waals surface area contributed by atoms with Gasteiger partial charge in [-0.2, -0.15) is 0 Å². The zero-order valence-corrected chi connectivity index (χ0v) is 18.7. The van der Waals surface area contributed by atoms with E-state index >= 15 is 0 Å². The van der Waals surface area contributed by atoms with Crippen molar-refractivity contribution in [2.75, 3.05) is 18.8 Å². The van der Waals surface area contributed by atoms with Crippen LogP contribution in [0.1, 0.15) is 18.1 Å². The van der Waals surface area contributed by atoms with Gasteiger partial charge in [-0.3, -0.25) is 14.5 Å². The minimum absolute atomic E-state index is 0.257. The summed E-state index contributed by atoms with van der Waals surface area (Å²) in [5.41, 5.74) is -0.110. The highest BCUT2D eigenvalue weighted by Crippen LogP contribution is 2.31. The number of hydrogen-bond donors (Lipinski definition) is 2. The van der Waals surface area contributed by atoms with E-state index in [0.717, 1.165) is 27.5 Å². The Morgan fingerprint density at radius 2 is 1.76 bits per heavy atom. The van der Waals surface area contributed by atoms with E-state index in [1.165, 1.54) is 19.1 Å². The molecule has 1 fully saturated rings. The summed E-state index contributed by atoms with van der Waals surface area (Å²) < 4.78 is 40.8. The predicted octanol–water partition coefficient (Wildman–Crippen LogP) is 3.57. The number of alkyl halides is 3. The molecule has 1 heterocycles. The highest BCUT2D eigenvalue weighted by molar-refractivity contribution is 7.99. The molecule has 0 spiro atoms. The van der Waals surface area contributed by atoms with Crippen molar-refractivity contribution >= 4 is 29.6 Å². The van der Waals surface area contributed by atoms with Crippen LogP contribution in [0.3, 0.4) is 0 Å². The molecule has 1 aliphatic rings. The highest BCUT2D eigenvalue weighted by atomic mass is 32.2. The molecule has 2 aromatic carbocycles. The monoisotopic (exact) mass is 481 g/mol. The zero-order valence-electron chi connectivity index (χ0n) is 17.9. The number of hydrogen-bond acceptors (Lipinski definition) is 5. The van der Waals surface area contributed by atoms with Crippen molar-refractivity contribution < 1.29 is 32.3 Å². The number of carbonyl (C=O) groups is 3. The van der Waals surface area contributed by atoms with Crippen molar-refractivity contribution in [1.29, 1.82) is 0 Å². The van der Waals surface area contributed by atoms with Gasteiger partial charge in [-0.05, 0) is 43.7 Å². The third-order valence-corrected chi connectivity index (χ3v) is 5.97. The van der Waals surface area contributed by atoms with Crippen LogP contribution in [0, 0.1) is 6.92 Å². The summed E-state index contributed by atoms with van der Waals surface area (Å²) >= 11 is 1.56. The number of nitrogens with zero attached hydrogens (tertiary/aromatic N) is 1. The second-order valence-corrected chi connectivity index (χ2v) is 8.70. The second kappa shape index (κ2) is 9.74. The van der Waals surface area contributed by atoms with E-state index in [1.54, 1.807) is 11.8 Å². The fourth-order valence-electron chi connectivity index (χ4n) is 3.22. The van der Waals surface area contributed by atoms with Crippen LogP contribution in [0.2, 0.25) is 0 Å². The van der Waals surface area contributed by atoms with Gasteiger partial charge in [0.2, 0.25) is 5.91 Å². The van der Waals surface area contributed by atoms with Crippen LogP contribution in [0.4, 0.5) is 18.0 Å². The van der Waals surface area contributed by atoms with Crippen LogP contribution in [0.15, 0.2) is 53.4 Å². The largest absolute Gasteiger partial charge is 0.573 e. The van der Waals surface area contributed by atoms with Crippen LogP contribution in [-0.2, 0) is 15.1 Å². The van der Waals surface area contributed by atoms with Gasteiger partial charge in [0, 0.05) is 17.2 Å². The van der Waals surface area contributed by atoms with Gasteiger partial charge in [0.25, 0.3) is 5.91 Å². The molecule has 2 N–H and O–H groups in total. The van der Waals surface area contributed by atoms with Crippen molar-refractivity contribution in [2.45, 2.75) is 30.6 Å². The molecule has 0 bridgehead atoms. The molecular weight excluding hydrogens is 459 g/mol. The van der Waals surface area contributed by atoms with Crippen LogP contribution in [-0.4, -0.2) is 48.0 Å². The van der Waals surface area contributed by atoms with Crippen LogP contribution >= 0.6 is 11.8 Å². The Bertz CT molecular complexity index is 1030. The number of nitrogens with one attached hydrogen (secondary N) is 2. The first-order chi connectivity index (χ1) is 15.5. The Morgan fingerprint density at radius 3 is 2.36 bits per heavy atom. The van der Waals surface area contributed by atoms with Gasteiger partial charge in [-0.1, -0.05) is 29.8 Å². The van der Waals surface area contributed by atoms with E-state index in [-0.39, 0.29) is 5.56 Å². The summed E-state index contributed by atoms with van der Waals surface area (Å²) in [6.45, 7) is 3.29. The SMILES string of the molecule is Cc1ccc(SCCNC(=O)CN2C(=O)NC(C)(c3ccc(OC(F)(F)F)cc3)C2=O)cc1. The molecule has 0 saturated carbocycles. The maximum Gasteiger partial charge on any atom is 0.573 e. The van der Waals surface area contributed by atoms with Crippen molar-refractivity contribution in [1.82, 2.24) is 15.5 Å². The summed E-state index contributed by atoms with van der Waals surface area (Å²) in [5.74, 6) is -1.02. The smallest absolute Gasteiger partial charge is 0.406 e. The fraction of sp³-hybridized carbons (Fsp3) is 0.318. The number of thioether (sulfide) groups is 1. The van der Waals surface area contributed by atoms with Crippen LogP contribution < -0.4 is 15.4 Å². The molecule has 4 amide bonds. The summed E-state index contributed by atoms with van der Waals surface area (Å²) in [6, 6.07) is 11.8. The first kappa shape index (κ1) is 24.4. The average molecular weight is 481 g/mol. The van der Waals surface area contributed by atoms with Gasteiger partial charge in [-0.15, -0.1) is 24.9 Å². The van der Waals surface area contributed by atoms with Gasteiger partial charge in [0.05, 0.1) is 0 Å². The summed E-state index contributed by atoms with van der Waals surface area (Å²) in [6.07, 6.45) is -4.84. The Morgan fingerprint density at radius 1 is 1.12 bits per heavy atom. The lowest BCUT2D eigenvalue weighted by Gasteiger charge is -2.22. The molecular formula is C22H22F3N3O4S. The Hall–Kier alpha value is -3.21. The van der Waals surface area contributed by atoms with E-state index in [9.17, 15) is 27.6 Å². The number of urea groups is 1. The lowest BCUT2D eigenvalue weighted by atomic mass is 9.92. The standard InChI is InChI=1S/C22H22F3N3O4S/c1-14-3-9-17(10-4-14)33-12-11-26-18(29)13-28-19(30)21(2,27-20(28)31)15-5-7-16(8-6-15)32-22(23,24)25/h3-10H,11-13H2,1-2H3,(H,26,29)(H,27,31). The van der Waals surface area contributed by atoms with Gasteiger partial charge in [-0.25, -0.2) is 4.79 Å². The number of carbonyl (C=O) groups excluding carboxylic acids is 3. The average Bonchev–Trinajstić information content (AvgIpc) is 2.96. The lowest BCUT2D eigenvalue weighted by molar-refractivity contribution is -0.274. The molecule has 2 aromatic rings. The van der Waals surface area contributed by atoms with Crippen LogP contribution in [0.25, 0.3) is 0 Å². The number of rotatable bonds is 8. The van der Waals surface area contributed by atoms with Crippen molar-refractivity contribution in [3.63, 3.8) is 0 Å². The molecule has 1 atom stereocenters. The summed E-state index contributed by atoms with van der Waals surface area (Å²) in [7, 11) is 0. The molecule has 1 unspecified atom stereocenters. The molecule has 0 aromatic heterocycles. The number of imide groups is 1. The Balaban J connectivity index is 1.54. The molecule has 1 aliphatic heterocycles. The molecule has 176 valence electrons. The molecule has 0 radical (unpaired) electrons. The topological polar surface area (TPSA) is 87.7 Å². The molecule has 11 heteroatoms. The maximum absolute atomic E-state index is 12.9. The molecule has 0 aliphatic carbocycles. The van der Waals surface area contributed by atoms with Crippen molar-refractivity contribution in [2.24, 2.45) is 0 Å². The zero-order chi connectivity index (χ0) is 24.2. The number of ether oxygens (including phenoxy) is 1. The van der Waals surface area contributed by atoms with Gasteiger partial charge >= 0.3 is 12.4 Å². The third kappa shape index (κ3) is 6.19. The highest BCUT2D eigenvalue weighted by Gasteiger charge is 2.49. The number of aryl methyl sites for hydroxylation is 1. The molecule has 1 saturated heterocycles. The fourth-order valence-corrected chi connectivity index (χ4v) is 3.99. The maximum atomic E-state index is 12.9. The second-order valence-electron chi connectivity index (χ2n) is 7.53. The van der Waals surface area contributed by atoms with Gasteiger partial charge in [0.15, 0.2) is 0 Å². The predicted molar refractivity (Wildman–Crippen MR) is 116 cm³/mol. The van der Waals surface area contributed by atoms with E-state index in [2.05, 4.69) is 15.4 Å². The van der Waals surface area contributed by atoms with E-state index in [4.69, 9.17) is 0 Å². The van der Waals surface area contributed by atoms with Crippen LogP contribution in [0.5, 0.6) is 5.75 Å². The first-order valence-corrected chi connectivity index (χ1v) is 10.9. The van der Waals surface area contributed by atoms with Gasteiger partial charge in [0.1, 0.15) is 17.8 Å². The lowest BCUT2D eigenvalue weighted by Crippen LogP contribution is -2.43. The van der Waals surface area contributed by atoms with E-state index in [0.29, 0.717) is 12.3 Å². The molecule has 33 heavy (non-hydrogen) atoms. The van der Waals surface area contributed by atoms with E-state index < -0.39 is 42.0 Å². The summed E-state index contributed by atoms with van der Waals surface area (Å²) in [4.78, 5) is 39.3. The number of amides is 4. The number of benzene rings is 2. The third-order valence-electron chi connectivity index (χ3n) is 4.96. The minimum atomic E-state index is -4.84. The Labute approximate surface area is 192 Å². The normalized spacial score (nSPS) is 18.3. The molecule has 7 nitrogen and oxygen atoms in total. The Kier molecular flexibility index (Phi) is 7.21. The van der Waals surface area contributed by atoms with E-state index in [1.807, 2.05) is 31.2 Å². The molecule has 3 rings (SSSR count). The summed E-state index contributed by atoms with van der Waals surface area (Å²) in [5, 5.41) is 5.17. The minimum Gasteiger partial charge on any atom is -0.406 e. The van der Waals surface area contributed by atoms with Crippen molar-refractivity contribution in [3.05, 3.63) is 59.7 Å². The van der Waals surface area contributed by atoms with Gasteiger partial charge < -0.3 is 15.4 Å². The quantitative estimate of drug-likeness (QED) is 0.342. The first-order valence-electron chi connectivity index (χ1n) is 9.94.